The Labute approximate surface area is 159 Å². The predicted molar refractivity (Wildman–Crippen MR) is 105 cm³/mol. The van der Waals surface area contributed by atoms with Crippen molar-refractivity contribution in [2.45, 2.75) is 31.6 Å². The molecule has 2 atom stereocenters. The van der Waals surface area contributed by atoms with Crippen LogP contribution in [0.2, 0.25) is 0 Å². The molecule has 8 heteroatoms. The number of nitrogens with zero attached hydrogens (tertiary/aromatic N) is 2. The highest BCUT2D eigenvalue weighted by molar-refractivity contribution is 7.87. The number of amides is 1. The van der Waals surface area contributed by atoms with Crippen molar-refractivity contribution < 1.29 is 13.4 Å². The molecule has 3 rings (SSSR count). The van der Waals surface area contributed by atoms with Crippen molar-refractivity contribution >= 4 is 28.2 Å². The largest absolute Gasteiger partial charge is 0.386 e. The van der Waals surface area contributed by atoms with Crippen LogP contribution in [-0.2, 0) is 10.8 Å². The van der Waals surface area contributed by atoms with Crippen LogP contribution < -0.4 is 11.1 Å². The SMILES string of the molecule is Cc1ccc(C(=O)Nc2ccc(F)c(C3CS(=O)C(C)(C)C(N)=N3)c2)nc1. The second-order valence-electron chi connectivity index (χ2n) is 6.96. The number of nitrogens with one attached hydrogen (secondary N) is 1. The number of nitrogens with two attached hydrogens (primary N) is 1. The fourth-order valence-corrected chi connectivity index (χ4v) is 3.91. The van der Waals surface area contributed by atoms with Gasteiger partial charge in [-0.25, -0.2) is 4.39 Å². The Morgan fingerprint density at radius 2 is 2.07 bits per heavy atom. The standard InChI is InChI=1S/C19H21FN4O2S/c1-11-4-7-15(22-9-11)17(25)23-12-5-6-14(20)13(8-12)16-10-27(26)19(2,3)18(21)24-16/h4-9,16H,10H2,1-3H3,(H2,21,24)(H,23,25). The number of aryl methyl sites for hydroxylation is 1. The van der Waals surface area contributed by atoms with Gasteiger partial charge in [-0.2, -0.15) is 0 Å². The van der Waals surface area contributed by atoms with Crippen LogP contribution >= 0.6 is 0 Å². The maximum atomic E-state index is 14.4. The molecule has 0 radical (unpaired) electrons. The molecule has 2 heterocycles. The van der Waals surface area contributed by atoms with E-state index in [1.165, 1.54) is 18.2 Å². The molecule has 0 saturated heterocycles. The number of carbonyl (C=O) groups excluding carboxylic acids is 1. The number of hydrogen-bond donors (Lipinski definition) is 2. The average molecular weight is 388 g/mol. The lowest BCUT2D eigenvalue weighted by Crippen LogP contribution is -2.47. The molecule has 2 aromatic rings. The minimum atomic E-state index is -1.29. The number of hydrogen-bond acceptors (Lipinski definition) is 5. The molecular weight excluding hydrogens is 367 g/mol. The van der Waals surface area contributed by atoms with Gasteiger partial charge in [0.25, 0.3) is 5.91 Å². The Morgan fingerprint density at radius 3 is 2.70 bits per heavy atom. The van der Waals surface area contributed by atoms with Gasteiger partial charge < -0.3 is 11.1 Å². The maximum Gasteiger partial charge on any atom is 0.274 e. The molecule has 1 aromatic carbocycles. The molecule has 0 bridgehead atoms. The molecule has 6 nitrogen and oxygen atoms in total. The van der Waals surface area contributed by atoms with Gasteiger partial charge >= 0.3 is 0 Å². The van der Waals surface area contributed by atoms with Gasteiger partial charge in [0, 0.05) is 28.2 Å². The van der Waals surface area contributed by atoms with Crippen LogP contribution in [0.25, 0.3) is 0 Å². The summed E-state index contributed by atoms with van der Waals surface area (Å²) < 4.78 is 26.1. The van der Waals surface area contributed by atoms with Gasteiger partial charge in [0.2, 0.25) is 0 Å². The van der Waals surface area contributed by atoms with Gasteiger partial charge in [0.1, 0.15) is 17.3 Å². The fourth-order valence-electron chi connectivity index (χ4n) is 2.66. The van der Waals surface area contributed by atoms with Crippen LogP contribution in [0.15, 0.2) is 41.5 Å². The third-order valence-electron chi connectivity index (χ3n) is 4.55. The summed E-state index contributed by atoms with van der Waals surface area (Å²) in [4.78, 5) is 20.7. The van der Waals surface area contributed by atoms with E-state index in [0.29, 0.717) is 5.69 Å². The smallest absolute Gasteiger partial charge is 0.274 e. The number of pyridine rings is 1. The number of rotatable bonds is 3. The molecule has 0 fully saturated rings. The van der Waals surface area contributed by atoms with Crippen LogP contribution in [0.3, 0.4) is 0 Å². The lowest BCUT2D eigenvalue weighted by Gasteiger charge is -2.31. The topological polar surface area (TPSA) is 97.4 Å². The Morgan fingerprint density at radius 1 is 1.33 bits per heavy atom. The molecule has 0 saturated carbocycles. The van der Waals surface area contributed by atoms with Crippen LogP contribution in [0, 0.1) is 12.7 Å². The molecule has 1 aliphatic rings. The lowest BCUT2D eigenvalue weighted by molar-refractivity contribution is 0.102. The summed E-state index contributed by atoms with van der Waals surface area (Å²) in [6.07, 6.45) is 1.60. The Hall–Kier alpha value is -2.61. The molecule has 1 amide bonds. The van der Waals surface area contributed by atoms with Crippen molar-refractivity contribution in [3.8, 4) is 0 Å². The predicted octanol–water partition coefficient (Wildman–Crippen LogP) is 2.72. The molecule has 0 spiro atoms. The van der Waals surface area contributed by atoms with E-state index in [4.69, 9.17) is 5.73 Å². The summed E-state index contributed by atoms with van der Waals surface area (Å²) in [5, 5.41) is 2.70. The lowest BCUT2D eigenvalue weighted by atomic mass is 10.1. The molecule has 3 N–H and O–H groups in total. The molecule has 2 unspecified atom stereocenters. The number of carbonyl (C=O) groups is 1. The third kappa shape index (κ3) is 3.90. The number of anilines is 1. The highest BCUT2D eigenvalue weighted by atomic mass is 32.2. The highest BCUT2D eigenvalue weighted by Gasteiger charge is 2.37. The van der Waals surface area contributed by atoms with Crippen LogP contribution in [0.1, 0.15) is 41.5 Å². The molecule has 142 valence electrons. The summed E-state index contributed by atoms with van der Waals surface area (Å²) in [5.74, 6) is -0.486. The van der Waals surface area contributed by atoms with Crippen LogP contribution in [0.4, 0.5) is 10.1 Å². The first kappa shape index (κ1) is 19.2. The first-order valence-electron chi connectivity index (χ1n) is 8.44. The van der Waals surface area contributed by atoms with E-state index in [9.17, 15) is 13.4 Å². The van der Waals surface area contributed by atoms with Crippen molar-refractivity contribution in [1.29, 1.82) is 0 Å². The second kappa shape index (κ2) is 7.19. The maximum absolute atomic E-state index is 14.4. The van der Waals surface area contributed by atoms with Gasteiger partial charge in [-0.3, -0.25) is 19.0 Å². The van der Waals surface area contributed by atoms with E-state index in [2.05, 4.69) is 15.3 Å². The van der Waals surface area contributed by atoms with Gasteiger partial charge in [0.15, 0.2) is 0 Å². The van der Waals surface area contributed by atoms with E-state index in [-0.39, 0.29) is 22.8 Å². The second-order valence-corrected chi connectivity index (χ2v) is 9.01. The van der Waals surface area contributed by atoms with Crippen molar-refractivity contribution in [3.05, 3.63) is 59.2 Å². The third-order valence-corrected chi connectivity index (χ3v) is 6.51. The average Bonchev–Trinajstić information content (AvgIpc) is 2.62. The van der Waals surface area contributed by atoms with E-state index in [1.54, 1.807) is 32.2 Å². The molecule has 0 aliphatic carbocycles. The summed E-state index contributed by atoms with van der Waals surface area (Å²) in [6.45, 7) is 5.38. The van der Waals surface area contributed by atoms with E-state index < -0.39 is 33.3 Å². The molecule has 1 aliphatic heterocycles. The highest BCUT2D eigenvalue weighted by Crippen LogP contribution is 2.32. The molecule has 1 aromatic heterocycles. The Bertz CT molecular complexity index is 941. The van der Waals surface area contributed by atoms with E-state index in [0.717, 1.165) is 5.56 Å². The molecular formula is C19H21FN4O2S. The monoisotopic (exact) mass is 388 g/mol. The Balaban J connectivity index is 1.87. The number of aromatic nitrogens is 1. The van der Waals surface area contributed by atoms with Crippen molar-refractivity contribution in [2.24, 2.45) is 10.7 Å². The van der Waals surface area contributed by atoms with Gasteiger partial charge in [-0.05, 0) is 50.6 Å². The first-order chi connectivity index (χ1) is 12.7. The zero-order valence-electron chi connectivity index (χ0n) is 15.3. The molecule has 27 heavy (non-hydrogen) atoms. The van der Waals surface area contributed by atoms with Crippen LogP contribution in [0.5, 0.6) is 0 Å². The summed E-state index contributed by atoms with van der Waals surface area (Å²) in [7, 11) is -1.29. The number of benzene rings is 1. The number of amidine groups is 1. The quantitative estimate of drug-likeness (QED) is 0.845. The number of halogens is 1. The summed E-state index contributed by atoms with van der Waals surface area (Å²) in [5.41, 5.74) is 7.80. The van der Waals surface area contributed by atoms with Crippen LogP contribution in [-0.4, -0.2) is 31.4 Å². The van der Waals surface area contributed by atoms with Crippen molar-refractivity contribution in [2.75, 3.05) is 11.1 Å². The van der Waals surface area contributed by atoms with Gasteiger partial charge in [-0.15, -0.1) is 0 Å². The zero-order chi connectivity index (χ0) is 19.8. The summed E-state index contributed by atoms with van der Waals surface area (Å²) >= 11 is 0. The van der Waals surface area contributed by atoms with Crippen molar-refractivity contribution in [1.82, 2.24) is 4.98 Å². The van der Waals surface area contributed by atoms with Gasteiger partial charge in [-0.1, -0.05) is 6.07 Å². The fraction of sp³-hybridized carbons (Fsp3) is 0.316. The normalized spacial score (nSPS) is 21.4. The number of aliphatic imine (C=N–C) groups is 1. The van der Waals surface area contributed by atoms with E-state index >= 15 is 0 Å². The van der Waals surface area contributed by atoms with Gasteiger partial charge in [0.05, 0.1) is 16.5 Å². The zero-order valence-corrected chi connectivity index (χ0v) is 16.1. The van der Waals surface area contributed by atoms with Crippen molar-refractivity contribution in [3.63, 3.8) is 0 Å². The summed E-state index contributed by atoms with van der Waals surface area (Å²) in [6, 6.07) is 6.96. The Kier molecular flexibility index (Phi) is 5.10. The van der Waals surface area contributed by atoms with E-state index in [1.807, 2.05) is 6.92 Å². The first-order valence-corrected chi connectivity index (χ1v) is 9.76. The minimum absolute atomic E-state index is 0.168. The minimum Gasteiger partial charge on any atom is -0.386 e.